The van der Waals surface area contributed by atoms with Crippen LogP contribution in [0.25, 0.3) is 11.1 Å². The maximum atomic E-state index is 13.4. The van der Waals surface area contributed by atoms with Gasteiger partial charge in [0.15, 0.2) is 0 Å². The fourth-order valence-corrected chi connectivity index (χ4v) is 4.91. The topological polar surface area (TPSA) is 58.6 Å². The molecule has 0 aliphatic carbocycles. The number of aromatic nitrogens is 2. The molecule has 32 heavy (non-hydrogen) atoms. The summed E-state index contributed by atoms with van der Waals surface area (Å²) in [5.74, 6) is 0.0996. The SMILES string of the molecule is O=C(c1ccc(-c2ccncc2)cc1)N1CCCC2(COCCN(c3cccnc3)C2)C1. The largest absolute Gasteiger partial charge is 0.379 e. The van der Waals surface area contributed by atoms with E-state index < -0.39 is 0 Å². The number of ether oxygens (including phenoxy) is 1. The number of amides is 1. The molecule has 1 spiro atoms. The van der Waals surface area contributed by atoms with Crippen molar-refractivity contribution in [3.63, 3.8) is 0 Å². The molecule has 4 heterocycles. The van der Waals surface area contributed by atoms with Gasteiger partial charge in [0, 0.05) is 55.7 Å². The summed E-state index contributed by atoms with van der Waals surface area (Å²) in [6, 6.07) is 15.9. The van der Waals surface area contributed by atoms with Gasteiger partial charge in [0.05, 0.1) is 25.1 Å². The van der Waals surface area contributed by atoms with Gasteiger partial charge in [-0.05, 0) is 60.4 Å². The van der Waals surface area contributed by atoms with Crippen molar-refractivity contribution in [2.75, 3.05) is 44.3 Å². The highest BCUT2D eigenvalue weighted by Crippen LogP contribution is 2.35. The molecule has 0 saturated carbocycles. The third-order valence-electron chi connectivity index (χ3n) is 6.55. The van der Waals surface area contributed by atoms with E-state index in [-0.39, 0.29) is 11.3 Å². The monoisotopic (exact) mass is 428 g/mol. The molecular formula is C26H28N4O2. The van der Waals surface area contributed by atoms with E-state index in [1.165, 1.54) is 0 Å². The number of hydrogen-bond acceptors (Lipinski definition) is 5. The van der Waals surface area contributed by atoms with Crippen molar-refractivity contribution < 1.29 is 9.53 Å². The molecule has 0 bridgehead atoms. The molecule has 3 aromatic rings. The first-order chi connectivity index (χ1) is 15.7. The van der Waals surface area contributed by atoms with E-state index in [4.69, 9.17) is 4.74 Å². The molecule has 6 nitrogen and oxygen atoms in total. The number of hydrogen-bond donors (Lipinski definition) is 0. The molecule has 0 radical (unpaired) electrons. The zero-order chi connectivity index (χ0) is 21.8. The number of carbonyl (C=O) groups is 1. The van der Waals surface area contributed by atoms with Gasteiger partial charge in [-0.3, -0.25) is 14.8 Å². The first kappa shape index (κ1) is 20.6. The minimum Gasteiger partial charge on any atom is -0.379 e. The van der Waals surface area contributed by atoms with Crippen LogP contribution >= 0.6 is 0 Å². The molecule has 1 aromatic carbocycles. The van der Waals surface area contributed by atoms with Gasteiger partial charge in [0.25, 0.3) is 5.91 Å². The third-order valence-corrected chi connectivity index (χ3v) is 6.55. The molecule has 0 N–H and O–H groups in total. The molecule has 2 fully saturated rings. The number of anilines is 1. The van der Waals surface area contributed by atoms with Gasteiger partial charge in [-0.1, -0.05) is 12.1 Å². The van der Waals surface area contributed by atoms with Crippen LogP contribution < -0.4 is 4.90 Å². The average molecular weight is 429 g/mol. The van der Waals surface area contributed by atoms with E-state index in [0.717, 1.165) is 54.9 Å². The maximum Gasteiger partial charge on any atom is 0.253 e. The molecule has 2 aliphatic heterocycles. The fraction of sp³-hybridized carbons (Fsp3) is 0.346. The lowest BCUT2D eigenvalue weighted by Gasteiger charge is -2.44. The highest BCUT2D eigenvalue weighted by molar-refractivity contribution is 5.94. The third kappa shape index (κ3) is 4.36. The van der Waals surface area contributed by atoms with Crippen LogP contribution in [0.15, 0.2) is 73.3 Å². The van der Waals surface area contributed by atoms with Gasteiger partial charge in [-0.15, -0.1) is 0 Å². The van der Waals surface area contributed by atoms with Gasteiger partial charge in [0.2, 0.25) is 0 Å². The second kappa shape index (κ2) is 9.09. The molecule has 2 aliphatic rings. The van der Waals surface area contributed by atoms with Crippen molar-refractivity contribution in [3.05, 3.63) is 78.9 Å². The lowest BCUT2D eigenvalue weighted by atomic mass is 9.79. The van der Waals surface area contributed by atoms with Crippen LogP contribution in [0.4, 0.5) is 5.69 Å². The normalized spacial score (nSPS) is 21.4. The Morgan fingerprint density at radius 1 is 0.906 bits per heavy atom. The van der Waals surface area contributed by atoms with Gasteiger partial charge in [-0.2, -0.15) is 0 Å². The van der Waals surface area contributed by atoms with Crippen LogP contribution in [0.5, 0.6) is 0 Å². The molecule has 2 saturated heterocycles. The van der Waals surface area contributed by atoms with Crippen molar-refractivity contribution in [2.45, 2.75) is 12.8 Å². The predicted octanol–water partition coefficient (Wildman–Crippen LogP) is 3.90. The highest BCUT2D eigenvalue weighted by atomic mass is 16.5. The summed E-state index contributed by atoms with van der Waals surface area (Å²) in [7, 11) is 0. The van der Waals surface area contributed by atoms with Crippen LogP contribution in [0.2, 0.25) is 0 Å². The van der Waals surface area contributed by atoms with E-state index in [1.807, 2.05) is 53.6 Å². The quantitative estimate of drug-likeness (QED) is 0.633. The maximum absolute atomic E-state index is 13.4. The molecule has 1 unspecified atom stereocenters. The molecule has 1 atom stereocenters. The number of benzene rings is 1. The Bertz CT molecular complexity index is 1040. The summed E-state index contributed by atoms with van der Waals surface area (Å²) in [5.41, 5.74) is 3.98. The van der Waals surface area contributed by atoms with Crippen LogP contribution in [0.1, 0.15) is 23.2 Å². The van der Waals surface area contributed by atoms with Gasteiger partial charge >= 0.3 is 0 Å². The number of carbonyl (C=O) groups excluding carboxylic acids is 1. The van der Waals surface area contributed by atoms with E-state index >= 15 is 0 Å². The zero-order valence-electron chi connectivity index (χ0n) is 18.2. The van der Waals surface area contributed by atoms with Crippen molar-refractivity contribution >= 4 is 11.6 Å². The number of nitrogens with zero attached hydrogens (tertiary/aromatic N) is 4. The van der Waals surface area contributed by atoms with Crippen molar-refractivity contribution in [3.8, 4) is 11.1 Å². The Morgan fingerprint density at radius 3 is 2.50 bits per heavy atom. The Morgan fingerprint density at radius 2 is 1.72 bits per heavy atom. The Kier molecular flexibility index (Phi) is 5.86. The molecular weight excluding hydrogens is 400 g/mol. The zero-order valence-corrected chi connectivity index (χ0v) is 18.2. The second-order valence-electron chi connectivity index (χ2n) is 8.83. The lowest BCUT2D eigenvalue weighted by Crippen LogP contribution is -2.52. The Labute approximate surface area is 188 Å². The van der Waals surface area contributed by atoms with E-state index in [0.29, 0.717) is 19.8 Å². The van der Waals surface area contributed by atoms with Crippen LogP contribution in [0, 0.1) is 5.41 Å². The molecule has 5 rings (SSSR count). The first-order valence-electron chi connectivity index (χ1n) is 11.3. The molecule has 164 valence electrons. The van der Waals surface area contributed by atoms with Crippen molar-refractivity contribution in [2.24, 2.45) is 5.41 Å². The minimum atomic E-state index is -0.0583. The molecule has 2 aromatic heterocycles. The van der Waals surface area contributed by atoms with Gasteiger partial charge < -0.3 is 14.5 Å². The number of pyridine rings is 2. The Balaban J connectivity index is 1.32. The summed E-state index contributed by atoms with van der Waals surface area (Å²) in [6.07, 6.45) is 9.33. The summed E-state index contributed by atoms with van der Waals surface area (Å²) < 4.78 is 6.03. The van der Waals surface area contributed by atoms with Crippen molar-refractivity contribution in [1.29, 1.82) is 0 Å². The molecule has 1 amide bonds. The van der Waals surface area contributed by atoms with Crippen molar-refractivity contribution in [1.82, 2.24) is 14.9 Å². The second-order valence-corrected chi connectivity index (χ2v) is 8.83. The summed E-state index contributed by atoms with van der Waals surface area (Å²) in [6.45, 7) is 4.62. The fourth-order valence-electron chi connectivity index (χ4n) is 4.91. The lowest BCUT2D eigenvalue weighted by molar-refractivity contribution is 0.0135. The predicted molar refractivity (Wildman–Crippen MR) is 125 cm³/mol. The standard InChI is InChI=1S/C26H28N4O2/c31-25(23-6-4-21(5-7-23)22-8-12-27-13-9-22)30-14-2-10-26(19-30)18-29(15-16-32-20-26)24-3-1-11-28-17-24/h1,3-9,11-13,17H,2,10,14-16,18-20H2. The first-order valence-corrected chi connectivity index (χ1v) is 11.3. The van der Waals surface area contributed by atoms with Crippen LogP contribution in [0.3, 0.4) is 0 Å². The molecule has 6 heteroatoms. The summed E-state index contributed by atoms with van der Waals surface area (Å²) in [5, 5.41) is 0. The number of likely N-dealkylation sites (tertiary alicyclic amines) is 1. The van der Waals surface area contributed by atoms with E-state index in [9.17, 15) is 4.79 Å². The minimum absolute atomic E-state index is 0.0583. The van der Waals surface area contributed by atoms with Gasteiger partial charge in [0.1, 0.15) is 0 Å². The smallest absolute Gasteiger partial charge is 0.253 e. The van der Waals surface area contributed by atoms with Crippen LogP contribution in [-0.4, -0.2) is 60.2 Å². The Hall–Kier alpha value is -3.25. The summed E-state index contributed by atoms with van der Waals surface area (Å²) in [4.78, 5) is 26.1. The number of piperidine rings is 1. The van der Waals surface area contributed by atoms with Gasteiger partial charge in [-0.25, -0.2) is 0 Å². The average Bonchev–Trinajstić information content (AvgIpc) is 3.07. The van der Waals surface area contributed by atoms with E-state index in [2.05, 4.69) is 20.9 Å². The summed E-state index contributed by atoms with van der Waals surface area (Å²) >= 11 is 0. The number of rotatable bonds is 3. The van der Waals surface area contributed by atoms with E-state index in [1.54, 1.807) is 18.6 Å². The highest BCUT2D eigenvalue weighted by Gasteiger charge is 2.40. The van der Waals surface area contributed by atoms with Crippen LogP contribution in [-0.2, 0) is 4.74 Å².